The summed E-state index contributed by atoms with van der Waals surface area (Å²) < 4.78 is 26.8. The van der Waals surface area contributed by atoms with Gasteiger partial charge in [0, 0.05) is 6.42 Å². The summed E-state index contributed by atoms with van der Waals surface area (Å²) in [5.74, 6) is -2.68. The molecule has 0 saturated heterocycles. The summed E-state index contributed by atoms with van der Waals surface area (Å²) in [6, 6.07) is 10.7. The minimum Gasteiger partial charge on any atom is -0.481 e. The topological polar surface area (TPSA) is 66.4 Å². The molecule has 0 saturated carbocycles. The van der Waals surface area contributed by atoms with Gasteiger partial charge in [-0.1, -0.05) is 37.3 Å². The van der Waals surface area contributed by atoms with Crippen molar-refractivity contribution in [2.45, 2.75) is 31.7 Å². The van der Waals surface area contributed by atoms with Crippen LogP contribution in [0.5, 0.6) is 0 Å². The lowest BCUT2D eigenvalue weighted by Crippen LogP contribution is -2.31. The Hall–Kier alpha value is -2.76. The highest BCUT2D eigenvalue weighted by molar-refractivity contribution is 5.78. The van der Waals surface area contributed by atoms with E-state index in [9.17, 15) is 18.4 Å². The molecule has 2 N–H and O–H groups in total. The van der Waals surface area contributed by atoms with Crippen molar-refractivity contribution in [3.63, 3.8) is 0 Å². The highest BCUT2D eigenvalue weighted by Crippen LogP contribution is 2.23. The number of carboxylic acid groups (broad SMARTS) is 1. The number of amides is 1. The number of aliphatic carboxylic acids is 1. The molecule has 0 aromatic heterocycles. The van der Waals surface area contributed by atoms with Gasteiger partial charge in [0.2, 0.25) is 5.91 Å². The van der Waals surface area contributed by atoms with Crippen molar-refractivity contribution in [2.24, 2.45) is 0 Å². The quantitative estimate of drug-likeness (QED) is 0.801. The van der Waals surface area contributed by atoms with Crippen LogP contribution in [0.15, 0.2) is 48.5 Å². The zero-order valence-corrected chi connectivity index (χ0v) is 13.7. The molecule has 0 aliphatic rings. The Morgan fingerprint density at radius 2 is 1.68 bits per heavy atom. The number of hydrogen-bond donors (Lipinski definition) is 2. The van der Waals surface area contributed by atoms with Crippen molar-refractivity contribution in [3.8, 4) is 0 Å². The minimum atomic E-state index is -1.09. The van der Waals surface area contributed by atoms with Crippen LogP contribution in [0.25, 0.3) is 0 Å². The number of hydrogen-bond acceptors (Lipinski definition) is 2. The van der Waals surface area contributed by atoms with Gasteiger partial charge in [-0.3, -0.25) is 9.59 Å². The first-order valence-electron chi connectivity index (χ1n) is 7.88. The fraction of sp³-hybridized carbons (Fsp3) is 0.263. The summed E-state index contributed by atoms with van der Waals surface area (Å²) in [7, 11) is 0. The van der Waals surface area contributed by atoms with Gasteiger partial charge < -0.3 is 10.4 Å². The van der Waals surface area contributed by atoms with E-state index in [2.05, 4.69) is 5.32 Å². The van der Waals surface area contributed by atoms with Crippen molar-refractivity contribution in [1.29, 1.82) is 0 Å². The highest BCUT2D eigenvalue weighted by atomic mass is 19.1. The third kappa shape index (κ3) is 5.38. The van der Waals surface area contributed by atoms with Gasteiger partial charge in [-0.25, -0.2) is 8.78 Å². The third-order valence-corrected chi connectivity index (χ3v) is 3.91. The molecule has 4 nitrogen and oxygen atoms in total. The molecule has 2 rings (SSSR count). The molecule has 2 aromatic rings. The summed E-state index contributed by atoms with van der Waals surface area (Å²) in [6.45, 7) is 1.72. The summed E-state index contributed by atoms with van der Waals surface area (Å²) >= 11 is 0. The van der Waals surface area contributed by atoms with Crippen molar-refractivity contribution < 1.29 is 23.5 Å². The second-order valence-corrected chi connectivity index (χ2v) is 5.90. The van der Waals surface area contributed by atoms with Gasteiger partial charge in [-0.05, 0) is 35.2 Å². The maximum Gasteiger partial charge on any atom is 0.305 e. The van der Waals surface area contributed by atoms with E-state index >= 15 is 0 Å². The Balaban J connectivity index is 2.07. The van der Waals surface area contributed by atoms with Crippen molar-refractivity contribution in [3.05, 3.63) is 71.3 Å². The van der Waals surface area contributed by atoms with Crippen LogP contribution < -0.4 is 5.32 Å². The molecule has 6 heteroatoms. The van der Waals surface area contributed by atoms with Gasteiger partial charge >= 0.3 is 5.97 Å². The monoisotopic (exact) mass is 347 g/mol. The van der Waals surface area contributed by atoms with Gasteiger partial charge in [-0.15, -0.1) is 0 Å². The molecule has 0 bridgehead atoms. The van der Waals surface area contributed by atoms with Gasteiger partial charge in [0.15, 0.2) is 0 Å². The van der Waals surface area contributed by atoms with E-state index in [0.717, 1.165) is 0 Å². The molecule has 2 unspecified atom stereocenters. The van der Waals surface area contributed by atoms with Gasteiger partial charge in [0.1, 0.15) is 11.6 Å². The number of carboxylic acids is 1. The Morgan fingerprint density at radius 3 is 2.28 bits per heavy atom. The standard InChI is InChI=1S/C19H19F2NO3/c1-12(15-4-2-3-5-16(15)21)10-18(23)22-17(11-19(24)25)13-6-8-14(20)9-7-13/h2-9,12,17H,10-11H2,1H3,(H,22,23)(H,24,25). The Kier molecular flexibility index (Phi) is 6.22. The molecule has 0 fully saturated rings. The van der Waals surface area contributed by atoms with Crippen LogP contribution in [0, 0.1) is 11.6 Å². The Bertz CT molecular complexity index is 747. The van der Waals surface area contributed by atoms with E-state index in [1.807, 2.05) is 0 Å². The van der Waals surface area contributed by atoms with Gasteiger partial charge in [-0.2, -0.15) is 0 Å². The fourth-order valence-electron chi connectivity index (χ4n) is 2.64. The lowest BCUT2D eigenvalue weighted by Gasteiger charge is -2.19. The molecule has 0 heterocycles. The van der Waals surface area contributed by atoms with E-state index in [4.69, 9.17) is 5.11 Å². The molecule has 0 radical (unpaired) electrons. The van der Waals surface area contributed by atoms with E-state index in [0.29, 0.717) is 11.1 Å². The van der Waals surface area contributed by atoms with E-state index < -0.39 is 23.7 Å². The smallest absolute Gasteiger partial charge is 0.305 e. The van der Waals surface area contributed by atoms with Crippen molar-refractivity contribution in [1.82, 2.24) is 5.32 Å². The van der Waals surface area contributed by atoms with Crippen LogP contribution in [0.4, 0.5) is 8.78 Å². The summed E-state index contributed by atoms with van der Waals surface area (Å²) in [5.41, 5.74) is 0.921. The average Bonchev–Trinajstić information content (AvgIpc) is 2.54. The zero-order valence-electron chi connectivity index (χ0n) is 13.7. The molecule has 0 spiro atoms. The minimum absolute atomic E-state index is 0.0121. The number of carbonyl (C=O) groups is 2. The number of benzene rings is 2. The highest BCUT2D eigenvalue weighted by Gasteiger charge is 2.20. The normalized spacial score (nSPS) is 13.1. The maximum absolute atomic E-state index is 13.8. The lowest BCUT2D eigenvalue weighted by molar-refractivity contribution is -0.137. The zero-order chi connectivity index (χ0) is 18.4. The number of rotatable bonds is 7. The van der Waals surface area contributed by atoms with Crippen LogP contribution in [0.1, 0.15) is 42.9 Å². The fourth-order valence-corrected chi connectivity index (χ4v) is 2.64. The molecule has 2 atom stereocenters. The molecular weight excluding hydrogens is 328 g/mol. The first kappa shape index (κ1) is 18.6. The Labute approximate surface area is 144 Å². The molecule has 25 heavy (non-hydrogen) atoms. The van der Waals surface area contributed by atoms with Crippen LogP contribution in [-0.2, 0) is 9.59 Å². The van der Waals surface area contributed by atoms with Gasteiger partial charge in [0.25, 0.3) is 0 Å². The SMILES string of the molecule is CC(CC(=O)NC(CC(=O)O)c1ccc(F)cc1)c1ccccc1F. The van der Waals surface area contributed by atoms with E-state index in [1.165, 1.54) is 30.3 Å². The predicted octanol–water partition coefficient (Wildman–Crippen LogP) is 3.79. The molecular formula is C19H19F2NO3. The summed E-state index contributed by atoms with van der Waals surface area (Å²) in [6.07, 6.45) is -0.316. The number of nitrogens with one attached hydrogen (secondary N) is 1. The second-order valence-electron chi connectivity index (χ2n) is 5.90. The van der Waals surface area contributed by atoms with E-state index in [1.54, 1.807) is 25.1 Å². The van der Waals surface area contributed by atoms with Crippen molar-refractivity contribution in [2.75, 3.05) is 0 Å². The average molecular weight is 347 g/mol. The largest absolute Gasteiger partial charge is 0.481 e. The molecule has 0 aliphatic carbocycles. The van der Waals surface area contributed by atoms with E-state index in [-0.39, 0.29) is 24.6 Å². The molecule has 0 aliphatic heterocycles. The summed E-state index contributed by atoms with van der Waals surface area (Å²) in [4.78, 5) is 23.3. The Morgan fingerprint density at radius 1 is 1.04 bits per heavy atom. The predicted molar refractivity (Wildman–Crippen MR) is 89.0 cm³/mol. The molecule has 132 valence electrons. The lowest BCUT2D eigenvalue weighted by atomic mass is 9.96. The molecule has 2 aromatic carbocycles. The van der Waals surface area contributed by atoms with Crippen LogP contribution >= 0.6 is 0 Å². The van der Waals surface area contributed by atoms with Crippen LogP contribution in [0.3, 0.4) is 0 Å². The maximum atomic E-state index is 13.8. The summed E-state index contributed by atoms with van der Waals surface area (Å²) in [5, 5.41) is 11.7. The molecule has 1 amide bonds. The first-order chi connectivity index (χ1) is 11.9. The second kappa shape index (κ2) is 8.37. The van der Waals surface area contributed by atoms with Crippen LogP contribution in [-0.4, -0.2) is 17.0 Å². The van der Waals surface area contributed by atoms with Crippen LogP contribution in [0.2, 0.25) is 0 Å². The first-order valence-corrected chi connectivity index (χ1v) is 7.88. The van der Waals surface area contributed by atoms with Gasteiger partial charge in [0.05, 0.1) is 12.5 Å². The third-order valence-electron chi connectivity index (χ3n) is 3.91. The number of carbonyl (C=O) groups excluding carboxylic acids is 1. The van der Waals surface area contributed by atoms with Crippen molar-refractivity contribution >= 4 is 11.9 Å². The number of halogens is 2.